The highest BCUT2D eigenvalue weighted by Gasteiger charge is 2.27. The summed E-state index contributed by atoms with van der Waals surface area (Å²) in [6.45, 7) is 1.53. The van der Waals surface area contributed by atoms with Crippen LogP contribution in [0, 0.1) is 11.3 Å². The molecule has 3 rings (SSSR count). The van der Waals surface area contributed by atoms with Crippen LogP contribution >= 0.6 is 0 Å². The van der Waals surface area contributed by atoms with E-state index in [1.54, 1.807) is 24.3 Å². The lowest BCUT2D eigenvalue weighted by atomic mass is 9.91. The van der Waals surface area contributed by atoms with E-state index in [0.717, 1.165) is 11.1 Å². The molecule has 29 heavy (non-hydrogen) atoms. The maximum atomic E-state index is 13.0. The Bertz CT molecular complexity index is 970. The molecule has 0 spiro atoms. The van der Waals surface area contributed by atoms with Gasteiger partial charge in [-0.15, -0.1) is 0 Å². The Morgan fingerprint density at radius 2 is 1.38 bits per heavy atom. The molecular weight excluding hydrogens is 364 g/mol. The summed E-state index contributed by atoms with van der Waals surface area (Å²) in [7, 11) is 0. The molecule has 3 aromatic rings. The quantitative estimate of drug-likeness (QED) is 0.644. The molecule has 0 aliphatic heterocycles. The first kappa shape index (κ1) is 19.8. The number of hydrogen-bond donors (Lipinski definition) is 1. The summed E-state index contributed by atoms with van der Waals surface area (Å²) in [5.41, 5.74) is 2.61. The summed E-state index contributed by atoms with van der Waals surface area (Å²) in [5, 5.41) is 11.5. The molecule has 0 aliphatic rings. The van der Waals surface area contributed by atoms with Crippen LogP contribution in [0.15, 0.2) is 84.9 Å². The Balaban J connectivity index is 1.73. The number of rotatable bonds is 6. The second-order valence-electron chi connectivity index (χ2n) is 6.51. The van der Waals surface area contributed by atoms with Gasteiger partial charge in [-0.05, 0) is 42.3 Å². The lowest BCUT2D eigenvalue weighted by Gasteiger charge is -2.20. The van der Waals surface area contributed by atoms with Crippen LogP contribution in [-0.2, 0) is 14.3 Å². The Labute approximate surface area is 169 Å². The van der Waals surface area contributed by atoms with E-state index >= 15 is 0 Å². The van der Waals surface area contributed by atoms with Crippen LogP contribution in [-0.4, -0.2) is 18.0 Å². The highest BCUT2D eigenvalue weighted by molar-refractivity contribution is 5.95. The van der Waals surface area contributed by atoms with Gasteiger partial charge >= 0.3 is 5.97 Å². The van der Waals surface area contributed by atoms with E-state index in [0.29, 0.717) is 11.3 Å². The molecule has 0 heterocycles. The van der Waals surface area contributed by atoms with Crippen molar-refractivity contribution in [3.8, 4) is 6.07 Å². The summed E-state index contributed by atoms with van der Waals surface area (Å²) in [5.74, 6) is -1.56. The lowest BCUT2D eigenvalue weighted by Crippen LogP contribution is -2.32. The lowest BCUT2D eigenvalue weighted by molar-refractivity contribution is -0.153. The van der Waals surface area contributed by atoms with Crippen LogP contribution in [0.5, 0.6) is 0 Å². The summed E-state index contributed by atoms with van der Waals surface area (Å²) in [6, 6.07) is 27.1. The SMILES string of the molecule is C[C@@H](OC(=O)C(c1ccccc1)c1ccccc1)C(=O)Nc1ccc(C#N)cc1. The number of esters is 1. The van der Waals surface area contributed by atoms with Gasteiger partial charge in [-0.2, -0.15) is 5.26 Å². The zero-order valence-electron chi connectivity index (χ0n) is 15.9. The summed E-state index contributed by atoms with van der Waals surface area (Å²) in [6.07, 6.45) is -0.979. The number of nitrogens with one attached hydrogen (secondary N) is 1. The van der Waals surface area contributed by atoms with Crippen molar-refractivity contribution in [3.05, 3.63) is 102 Å². The van der Waals surface area contributed by atoms with Crippen molar-refractivity contribution in [2.24, 2.45) is 0 Å². The molecule has 0 saturated carbocycles. The van der Waals surface area contributed by atoms with Crippen molar-refractivity contribution in [3.63, 3.8) is 0 Å². The van der Waals surface area contributed by atoms with Crippen molar-refractivity contribution < 1.29 is 14.3 Å². The van der Waals surface area contributed by atoms with E-state index < -0.39 is 23.9 Å². The van der Waals surface area contributed by atoms with Crippen molar-refractivity contribution in [2.45, 2.75) is 18.9 Å². The van der Waals surface area contributed by atoms with Gasteiger partial charge < -0.3 is 10.1 Å². The van der Waals surface area contributed by atoms with Crippen molar-refractivity contribution in [2.75, 3.05) is 5.32 Å². The number of hydrogen-bond acceptors (Lipinski definition) is 4. The first-order valence-electron chi connectivity index (χ1n) is 9.20. The Kier molecular flexibility index (Phi) is 6.39. The second-order valence-corrected chi connectivity index (χ2v) is 6.51. The van der Waals surface area contributed by atoms with Crippen LogP contribution in [0.25, 0.3) is 0 Å². The molecule has 0 saturated heterocycles. The maximum Gasteiger partial charge on any atom is 0.318 e. The summed E-state index contributed by atoms with van der Waals surface area (Å²) >= 11 is 0. The molecule has 1 atom stereocenters. The molecule has 5 nitrogen and oxygen atoms in total. The zero-order chi connectivity index (χ0) is 20.6. The van der Waals surface area contributed by atoms with Crippen LogP contribution in [0.1, 0.15) is 29.5 Å². The van der Waals surface area contributed by atoms with Gasteiger partial charge in [0.05, 0.1) is 11.6 Å². The fourth-order valence-corrected chi connectivity index (χ4v) is 2.92. The highest BCUT2D eigenvalue weighted by Crippen LogP contribution is 2.26. The topological polar surface area (TPSA) is 79.2 Å². The maximum absolute atomic E-state index is 13.0. The van der Waals surface area contributed by atoms with E-state index in [-0.39, 0.29) is 0 Å². The van der Waals surface area contributed by atoms with Gasteiger partial charge in [0.1, 0.15) is 5.92 Å². The molecule has 0 aliphatic carbocycles. The second kappa shape index (κ2) is 9.34. The van der Waals surface area contributed by atoms with Gasteiger partial charge in [0.25, 0.3) is 5.91 Å². The zero-order valence-corrected chi connectivity index (χ0v) is 15.9. The van der Waals surface area contributed by atoms with E-state index in [1.807, 2.05) is 66.7 Å². The number of nitrogens with zero attached hydrogens (tertiary/aromatic N) is 1. The number of ether oxygens (including phenoxy) is 1. The van der Waals surface area contributed by atoms with E-state index in [9.17, 15) is 9.59 Å². The number of amides is 1. The number of nitriles is 1. The number of carbonyl (C=O) groups is 2. The molecule has 0 unspecified atom stereocenters. The van der Waals surface area contributed by atoms with Crippen molar-refractivity contribution in [1.82, 2.24) is 0 Å². The van der Waals surface area contributed by atoms with Gasteiger partial charge in [-0.3, -0.25) is 9.59 Å². The third-order valence-corrected chi connectivity index (χ3v) is 4.45. The molecule has 5 heteroatoms. The normalized spacial score (nSPS) is 11.3. The molecule has 3 aromatic carbocycles. The first-order valence-corrected chi connectivity index (χ1v) is 9.20. The van der Waals surface area contributed by atoms with E-state index in [4.69, 9.17) is 10.00 Å². The molecule has 144 valence electrons. The van der Waals surface area contributed by atoms with Crippen LogP contribution < -0.4 is 5.32 Å². The Morgan fingerprint density at radius 3 is 1.86 bits per heavy atom. The van der Waals surface area contributed by atoms with Gasteiger partial charge in [-0.25, -0.2) is 0 Å². The van der Waals surface area contributed by atoms with E-state index in [2.05, 4.69) is 5.32 Å². The average Bonchev–Trinajstić information content (AvgIpc) is 2.76. The summed E-state index contributed by atoms with van der Waals surface area (Å²) in [4.78, 5) is 25.4. The van der Waals surface area contributed by atoms with Crippen LogP contribution in [0.4, 0.5) is 5.69 Å². The third kappa shape index (κ3) is 5.08. The molecule has 0 fully saturated rings. The highest BCUT2D eigenvalue weighted by atomic mass is 16.5. The minimum Gasteiger partial charge on any atom is -0.452 e. The van der Waals surface area contributed by atoms with E-state index in [1.165, 1.54) is 6.92 Å². The predicted molar refractivity (Wildman–Crippen MR) is 110 cm³/mol. The predicted octanol–water partition coefficient (Wildman–Crippen LogP) is 4.26. The Hall–Kier alpha value is -3.91. The molecule has 0 radical (unpaired) electrons. The van der Waals surface area contributed by atoms with Gasteiger partial charge in [-0.1, -0.05) is 60.7 Å². The monoisotopic (exact) mass is 384 g/mol. The summed E-state index contributed by atoms with van der Waals surface area (Å²) < 4.78 is 5.50. The molecular formula is C24H20N2O3. The standard InChI is InChI=1S/C24H20N2O3/c1-17(23(27)26-21-14-12-18(16-25)13-15-21)29-24(28)22(19-8-4-2-5-9-19)20-10-6-3-7-11-20/h2-15,17,22H,1H3,(H,26,27)/t17-/m1/s1. The number of anilines is 1. The molecule has 0 bridgehead atoms. The number of carbonyl (C=O) groups excluding carboxylic acids is 2. The smallest absolute Gasteiger partial charge is 0.318 e. The van der Waals surface area contributed by atoms with Crippen molar-refractivity contribution in [1.29, 1.82) is 5.26 Å². The van der Waals surface area contributed by atoms with Crippen LogP contribution in [0.2, 0.25) is 0 Å². The van der Waals surface area contributed by atoms with Gasteiger partial charge in [0, 0.05) is 5.69 Å². The van der Waals surface area contributed by atoms with Gasteiger partial charge in [0.2, 0.25) is 0 Å². The average molecular weight is 384 g/mol. The largest absolute Gasteiger partial charge is 0.452 e. The first-order chi connectivity index (χ1) is 14.1. The van der Waals surface area contributed by atoms with Gasteiger partial charge in [0.15, 0.2) is 6.10 Å². The van der Waals surface area contributed by atoms with Crippen LogP contribution in [0.3, 0.4) is 0 Å². The molecule has 1 amide bonds. The third-order valence-electron chi connectivity index (χ3n) is 4.45. The minimum absolute atomic E-state index is 0.442. The molecule has 1 N–H and O–H groups in total. The fourth-order valence-electron chi connectivity index (χ4n) is 2.92. The minimum atomic E-state index is -0.979. The molecule has 0 aromatic heterocycles. The van der Waals surface area contributed by atoms with Crippen molar-refractivity contribution >= 4 is 17.6 Å². The fraction of sp³-hybridized carbons (Fsp3) is 0.125. The Morgan fingerprint density at radius 1 is 0.862 bits per heavy atom. The number of benzene rings is 3.